The van der Waals surface area contributed by atoms with Gasteiger partial charge in [0, 0.05) is 12.5 Å². The second-order valence-electron chi connectivity index (χ2n) is 5.50. The van der Waals surface area contributed by atoms with E-state index in [1.165, 1.54) is 5.56 Å². The van der Waals surface area contributed by atoms with Crippen molar-refractivity contribution in [3.05, 3.63) is 77.6 Å². The molecule has 4 nitrogen and oxygen atoms in total. The number of carbonyl (C=O) groups excluding carboxylic acids is 1. The monoisotopic (exact) mass is 399 g/mol. The molecule has 0 spiro atoms. The Kier molecular flexibility index (Phi) is 9.73. The maximum absolute atomic E-state index is 12.9. The topological polar surface area (TPSA) is 61.5 Å². The number of carbonyl (C=O) groups is 1. The summed E-state index contributed by atoms with van der Waals surface area (Å²) in [7, 11) is 0. The van der Waals surface area contributed by atoms with Crippen LogP contribution in [-0.4, -0.2) is 18.9 Å². The Bertz CT molecular complexity index is 772. The Morgan fingerprint density at radius 3 is 2.14 bits per heavy atom. The average Bonchev–Trinajstić information content (AvgIpc) is 2.71. The summed E-state index contributed by atoms with van der Waals surface area (Å²) in [6.07, 6.45) is 0.882. The normalized spacial score (nSPS) is 9.93. The first-order valence-corrected chi connectivity index (χ1v) is 8.32. The minimum absolute atomic E-state index is 0.0439. The van der Waals surface area contributed by atoms with Crippen LogP contribution >= 0.6 is 0 Å². The summed E-state index contributed by atoms with van der Waals surface area (Å²) in [4.78, 5) is 10.7. The molecule has 0 aliphatic rings. The number of rotatable bonds is 8. The van der Waals surface area contributed by atoms with Crippen LogP contribution in [0, 0.1) is 23.3 Å². The van der Waals surface area contributed by atoms with Crippen molar-refractivity contribution in [3.8, 4) is 5.75 Å². The summed E-state index contributed by atoms with van der Waals surface area (Å²) in [5.41, 5.74) is 6.09. The minimum Gasteiger partial charge on any atom is -0.494 e. The molecule has 0 saturated heterocycles. The lowest BCUT2D eigenvalue weighted by Gasteiger charge is -2.08. The molecule has 0 atom stereocenters. The van der Waals surface area contributed by atoms with Crippen molar-refractivity contribution in [2.45, 2.75) is 20.0 Å². The number of hydrogen-bond acceptors (Lipinski definition) is 4. The first-order chi connectivity index (χ1) is 13.3. The van der Waals surface area contributed by atoms with Gasteiger partial charge in [-0.05, 0) is 5.56 Å². The van der Waals surface area contributed by atoms with Crippen LogP contribution in [0.3, 0.4) is 0 Å². The van der Waals surface area contributed by atoms with Crippen LogP contribution in [0.15, 0.2) is 48.7 Å². The fraction of sp³-hybridized carbons (Fsp3) is 0.250. The molecular weight excluding hydrogens is 378 g/mol. The van der Waals surface area contributed by atoms with Crippen molar-refractivity contribution in [2.75, 3.05) is 13.2 Å². The lowest BCUT2D eigenvalue weighted by atomic mass is 10.2. The molecule has 28 heavy (non-hydrogen) atoms. The zero-order valence-electron chi connectivity index (χ0n) is 15.3. The molecular formula is C20H21F4NO3. The lowest BCUT2D eigenvalue weighted by Crippen LogP contribution is -2.21. The molecule has 0 heterocycles. The Hall–Kier alpha value is -2.87. The van der Waals surface area contributed by atoms with Gasteiger partial charge in [-0.1, -0.05) is 43.8 Å². The number of ketones is 1. The maximum Gasteiger partial charge on any atom is 0.203 e. The van der Waals surface area contributed by atoms with E-state index in [1.54, 1.807) is 0 Å². The molecule has 0 aliphatic carbocycles. The highest BCUT2D eigenvalue weighted by Crippen LogP contribution is 2.26. The summed E-state index contributed by atoms with van der Waals surface area (Å²) >= 11 is 0. The summed E-state index contributed by atoms with van der Waals surface area (Å²) in [5, 5.41) is 0. The lowest BCUT2D eigenvalue weighted by molar-refractivity contribution is -0.119. The van der Waals surface area contributed by atoms with Gasteiger partial charge in [-0.25, -0.2) is 8.78 Å². The molecule has 0 aromatic heterocycles. The van der Waals surface area contributed by atoms with Gasteiger partial charge in [0.1, 0.15) is 13.2 Å². The van der Waals surface area contributed by atoms with Crippen molar-refractivity contribution >= 4 is 5.78 Å². The van der Waals surface area contributed by atoms with Gasteiger partial charge in [-0.2, -0.15) is 8.78 Å². The molecule has 2 rings (SSSR count). The largest absolute Gasteiger partial charge is 0.494 e. The quantitative estimate of drug-likeness (QED) is 0.409. The second-order valence-corrected chi connectivity index (χ2v) is 5.50. The van der Waals surface area contributed by atoms with Gasteiger partial charge in [-0.15, -0.1) is 0 Å². The van der Waals surface area contributed by atoms with E-state index in [2.05, 4.69) is 11.3 Å². The number of allylic oxidation sites excluding steroid dienone is 1. The summed E-state index contributed by atoms with van der Waals surface area (Å²) in [6, 6.07) is 10.1. The summed E-state index contributed by atoms with van der Waals surface area (Å²) in [6.45, 7) is 5.28. The third-order valence-electron chi connectivity index (χ3n) is 3.36. The fourth-order valence-electron chi connectivity index (χ4n) is 1.75. The molecule has 2 N–H and O–H groups in total. The third-order valence-corrected chi connectivity index (χ3v) is 3.36. The van der Waals surface area contributed by atoms with Gasteiger partial charge >= 0.3 is 0 Å². The van der Waals surface area contributed by atoms with Gasteiger partial charge in [0.25, 0.3) is 0 Å². The first kappa shape index (κ1) is 23.2. The predicted octanol–water partition coefficient (Wildman–Crippen LogP) is 4.28. The van der Waals surface area contributed by atoms with Crippen molar-refractivity contribution in [2.24, 2.45) is 5.73 Å². The van der Waals surface area contributed by atoms with Gasteiger partial charge in [0.2, 0.25) is 11.6 Å². The van der Waals surface area contributed by atoms with E-state index in [0.29, 0.717) is 6.61 Å². The van der Waals surface area contributed by atoms with Crippen LogP contribution in [0.25, 0.3) is 0 Å². The van der Waals surface area contributed by atoms with Crippen LogP contribution in [0.5, 0.6) is 5.75 Å². The Morgan fingerprint density at radius 1 is 1.07 bits per heavy atom. The minimum atomic E-state index is -1.69. The molecule has 2 aromatic carbocycles. The van der Waals surface area contributed by atoms with Crippen LogP contribution in [-0.2, 0) is 16.1 Å². The Balaban J connectivity index is 0.000000292. The van der Waals surface area contributed by atoms with Gasteiger partial charge < -0.3 is 15.2 Å². The number of halogens is 4. The predicted molar refractivity (Wildman–Crippen MR) is 96.5 cm³/mol. The molecule has 2 aromatic rings. The highest BCUT2D eigenvalue weighted by atomic mass is 19.2. The fourth-order valence-corrected chi connectivity index (χ4v) is 1.75. The van der Waals surface area contributed by atoms with E-state index in [4.69, 9.17) is 10.5 Å². The van der Waals surface area contributed by atoms with E-state index in [1.807, 2.05) is 37.3 Å². The van der Waals surface area contributed by atoms with Gasteiger partial charge in [-0.3, -0.25) is 4.79 Å². The van der Waals surface area contributed by atoms with Crippen LogP contribution < -0.4 is 10.5 Å². The molecule has 152 valence electrons. The van der Waals surface area contributed by atoms with E-state index < -0.39 is 48.0 Å². The van der Waals surface area contributed by atoms with Crippen LogP contribution in [0.2, 0.25) is 0 Å². The van der Waals surface area contributed by atoms with E-state index >= 15 is 0 Å². The highest BCUT2D eigenvalue weighted by molar-refractivity contribution is 5.81. The summed E-state index contributed by atoms with van der Waals surface area (Å²) < 4.78 is 60.9. The Labute approximate surface area is 160 Å². The zero-order valence-corrected chi connectivity index (χ0v) is 15.3. The van der Waals surface area contributed by atoms with Crippen molar-refractivity contribution in [3.63, 3.8) is 0 Å². The molecule has 0 fully saturated rings. The molecule has 0 unspecified atom stereocenters. The highest BCUT2D eigenvalue weighted by Gasteiger charge is 2.21. The third kappa shape index (κ3) is 7.40. The molecule has 0 aliphatic heterocycles. The molecule has 0 amide bonds. The van der Waals surface area contributed by atoms with E-state index in [0.717, 1.165) is 12.2 Å². The first-order valence-electron chi connectivity index (χ1n) is 8.32. The number of hydrogen-bond donors (Lipinski definition) is 1. The zero-order chi connectivity index (χ0) is 21.1. The second kappa shape index (κ2) is 11.8. The number of Topliss-reactive ketones (excluding diaryl/α,β-unsaturated/α-hetero) is 1. The molecule has 0 radical (unpaired) electrons. The van der Waals surface area contributed by atoms with E-state index in [-0.39, 0.29) is 6.07 Å². The number of ether oxygens (including phenoxy) is 2. The number of nitrogens with two attached hydrogens (primary N) is 1. The van der Waals surface area contributed by atoms with Crippen molar-refractivity contribution in [1.82, 2.24) is 0 Å². The van der Waals surface area contributed by atoms with Gasteiger partial charge in [0.15, 0.2) is 23.2 Å². The van der Waals surface area contributed by atoms with Crippen LogP contribution in [0.4, 0.5) is 17.6 Å². The molecule has 0 saturated carbocycles. The van der Waals surface area contributed by atoms with Gasteiger partial charge in [0.05, 0.1) is 12.3 Å². The maximum atomic E-state index is 12.9. The smallest absolute Gasteiger partial charge is 0.203 e. The van der Waals surface area contributed by atoms with Crippen molar-refractivity contribution < 1.29 is 31.8 Å². The average molecular weight is 399 g/mol. The molecule has 0 bridgehead atoms. The van der Waals surface area contributed by atoms with Crippen molar-refractivity contribution in [1.29, 1.82) is 0 Å². The Morgan fingerprint density at radius 2 is 1.64 bits per heavy atom. The SMILES string of the molecule is C=C(CC)OCc1ccccc1.NCC(=O)COc1c(F)c(F)cc(F)c1F. The molecule has 8 heteroatoms. The number of benzene rings is 2. The summed E-state index contributed by atoms with van der Waals surface area (Å²) in [5.74, 6) is -7.67. The van der Waals surface area contributed by atoms with Crippen LogP contribution in [0.1, 0.15) is 18.9 Å². The standard InChI is InChI=1S/C11H14O.C9H7F4NO2/c1-3-10(2)12-9-11-7-5-4-6-8-11;10-5-1-6(11)8(13)9(7(5)12)16-3-4(15)2-14/h4-8H,2-3,9H2,1H3;1H,2-3,14H2. The van der Waals surface area contributed by atoms with E-state index in [9.17, 15) is 22.4 Å².